The number of esters is 1. The predicted octanol–water partition coefficient (Wildman–Crippen LogP) is 5.44. The number of likely N-dealkylation sites (N-methyl/N-ethyl adjacent to an activating group) is 1. The highest BCUT2D eigenvalue weighted by atomic mass is 16.7. The fourth-order valence-electron chi connectivity index (χ4n) is 9.86. The topological polar surface area (TPSA) is 149 Å². The maximum absolute atomic E-state index is 14.6. The molecular weight excluding hydrogens is 741 g/mol. The third kappa shape index (κ3) is 8.68. The van der Waals surface area contributed by atoms with Crippen molar-refractivity contribution in [2.75, 3.05) is 33.8 Å². The Morgan fingerprint density at radius 3 is 2.55 bits per heavy atom. The molecular formula is C45H62N4O9. The molecule has 1 aromatic carbocycles. The Balaban J connectivity index is 1.43. The lowest BCUT2D eigenvalue weighted by atomic mass is 9.73. The standard InChI is InChI=1S/C45H62N4O9/c1-11-14-35-45(8)39-28(4)36(47-20-21-49(39)43(53)58-45)26(2)25-44(7,54-22-13-15-31-17-18-33-32(24-31)16-12-19-46-33)40(29(5)37(50)30(6)41(52)56-35)57-42-38(51)34(48(9)10)23-27(3)55-42/h12,16-19,24,26-30,34-35,38-40,42,51H,11,14,20-23,25H2,1-10H3/t26-,27+,28-,29+,30-,34-,35+,38?,39-,40-,42-,44+,45-/m1/s1. The number of aliphatic imine (C=N–C) groups is 1. The van der Waals surface area contributed by atoms with Crippen LogP contribution in [0.5, 0.6) is 0 Å². The number of ketones is 1. The van der Waals surface area contributed by atoms with Crippen LogP contribution in [0.25, 0.3) is 10.9 Å². The maximum atomic E-state index is 14.6. The number of carbonyl (C=O) groups is 3. The van der Waals surface area contributed by atoms with Crippen molar-refractivity contribution in [2.24, 2.45) is 28.7 Å². The smallest absolute Gasteiger partial charge is 0.410 e. The van der Waals surface area contributed by atoms with E-state index in [0.717, 1.165) is 22.2 Å². The van der Waals surface area contributed by atoms with Crippen LogP contribution >= 0.6 is 0 Å². The number of Topliss-reactive ketones (excluding diaryl/α,β-unsaturated/α-hetero) is 1. The largest absolute Gasteiger partial charge is 0.457 e. The molecule has 1 aromatic heterocycles. The van der Waals surface area contributed by atoms with Crippen molar-refractivity contribution in [3.8, 4) is 11.8 Å². The first kappa shape index (κ1) is 43.6. The lowest BCUT2D eigenvalue weighted by Crippen LogP contribution is -2.60. The molecule has 0 radical (unpaired) electrons. The van der Waals surface area contributed by atoms with Crippen molar-refractivity contribution in [3.05, 3.63) is 42.1 Å². The molecule has 4 aliphatic rings. The molecule has 13 heteroatoms. The van der Waals surface area contributed by atoms with Crippen molar-refractivity contribution in [1.82, 2.24) is 14.8 Å². The third-order valence-corrected chi connectivity index (χ3v) is 12.9. The first-order valence-electron chi connectivity index (χ1n) is 20.9. The van der Waals surface area contributed by atoms with Crippen LogP contribution < -0.4 is 0 Å². The summed E-state index contributed by atoms with van der Waals surface area (Å²) in [4.78, 5) is 55.5. The van der Waals surface area contributed by atoms with Gasteiger partial charge in [-0.15, -0.1) is 0 Å². The quantitative estimate of drug-likeness (QED) is 0.217. The zero-order chi connectivity index (χ0) is 42.1. The number of pyridine rings is 1. The molecule has 316 valence electrons. The van der Waals surface area contributed by atoms with Crippen LogP contribution in [0.15, 0.2) is 41.5 Å². The van der Waals surface area contributed by atoms with Crippen LogP contribution in [0.2, 0.25) is 0 Å². The molecule has 0 aliphatic carbocycles. The Kier molecular flexibility index (Phi) is 13.3. The lowest BCUT2D eigenvalue weighted by molar-refractivity contribution is -0.296. The molecule has 58 heavy (non-hydrogen) atoms. The Hall–Kier alpha value is -3.93. The molecule has 13 atom stereocenters. The summed E-state index contributed by atoms with van der Waals surface area (Å²) < 4.78 is 32.4. The van der Waals surface area contributed by atoms with E-state index < -0.39 is 71.5 Å². The number of amides is 1. The number of hydrogen-bond acceptors (Lipinski definition) is 12. The van der Waals surface area contributed by atoms with Crippen LogP contribution in [-0.2, 0) is 33.3 Å². The van der Waals surface area contributed by atoms with E-state index in [0.29, 0.717) is 38.8 Å². The fraction of sp³-hybridized carbons (Fsp3) is 0.667. The van der Waals surface area contributed by atoms with E-state index in [1.54, 1.807) is 24.9 Å². The molecule has 3 fully saturated rings. The second-order valence-electron chi connectivity index (χ2n) is 17.5. The highest BCUT2D eigenvalue weighted by molar-refractivity contribution is 6.00. The summed E-state index contributed by atoms with van der Waals surface area (Å²) in [6, 6.07) is 8.92. The number of carbonyl (C=O) groups excluding carboxylic acids is 3. The Morgan fingerprint density at radius 2 is 1.83 bits per heavy atom. The average Bonchev–Trinajstić information content (AvgIpc) is 3.31. The predicted molar refractivity (Wildman–Crippen MR) is 219 cm³/mol. The van der Waals surface area contributed by atoms with Crippen LogP contribution in [0.4, 0.5) is 4.79 Å². The molecule has 13 nitrogen and oxygen atoms in total. The van der Waals surface area contributed by atoms with Gasteiger partial charge in [0.1, 0.15) is 24.7 Å². The summed E-state index contributed by atoms with van der Waals surface area (Å²) in [5.41, 5.74) is 0.0888. The maximum Gasteiger partial charge on any atom is 0.410 e. The van der Waals surface area contributed by atoms with Crippen molar-refractivity contribution in [3.63, 3.8) is 0 Å². The second-order valence-corrected chi connectivity index (χ2v) is 17.5. The molecule has 6 rings (SSSR count). The SMILES string of the molecule is CCC[C@@H]1OC(=O)[C@H](C)C(=O)[C@H](C)[C@@H](O[C@H]2O[C@@H](C)C[C@@H](N(C)C)C2O)[C@@](C)(OCC#Cc2ccc3ncccc3c2)C[C@@H](C)C2=NCCN3C(=O)O[C@@]1(C)[C@H]3[C@@H]2C. The summed E-state index contributed by atoms with van der Waals surface area (Å²) >= 11 is 0. The van der Waals surface area contributed by atoms with Crippen LogP contribution in [0.3, 0.4) is 0 Å². The molecule has 5 heterocycles. The summed E-state index contributed by atoms with van der Waals surface area (Å²) in [7, 11) is 3.80. The second kappa shape index (κ2) is 17.7. The van der Waals surface area contributed by atoms with E-state index in [1.165, 1.54) is 0 Å². The summed E-state index contributed by atoms with van der Waals surface area (Å²) in [5, 5.41) is 12.7. The number of aliphatic hydroxyl groups excluding tert-OH is 1. The van der Waals surface area contributed by atoms with E-state index in [-0.39, 0.29) is 30.6 Å². The van der Waals surface area contributed by atoms with Gasteiger partial charge in [0.25, 0.3) is 0 Å². The monoisotopic (exact) mass is 802 g/mol. The minimum Gasteiger partial charge on any atom is -0.457 e. The Labute approximate surface area is 343 Å². The van der Waals surface area contributed by atoms with Crippen molar-refractivity contribution in [1.29, 1.82) is 0 Å². The molecule has 0 spiro atoms. The van der Waals surface area contributed by atoms with Gasteiger partial charge in [0, 0.05) is 47.3 Å². The molecule has 2 bridgehead atoms. The Bertz CT molecular complexity index is 1930. The summed E-state index contributed by atoms with van der Waals surface area (Å²) in [5.74, 6) is 2.62. The van der Waals surface area contributed by atoms with Crippen molar-refractivity contribution in [2.45, 2.75) is 135 Å². The third-order valence-electron chi connectivity index (χ3n) is 12.9. The minimum absolute atomic E-state index is 0.0188. The molecule has 2 aromatic rings. The number of fused-ring (bicyclic) bond motifs is 2. The minimum atomic E-state index is -1.24. The zero-order valence-corrected chi connectivity index (χ0v) is 35.8. The molecule has 1 amide bonds. The summed E-state index contributed by atoms with van der Waals surface area (Å²) in [6.07, 6.45) is -0.940. The van der Waals surface area contributed by atoms with Crippen LogP contribution in [-0.4, -0.2) is 131 Å². The van der Waals surface area contributed by atoms with E-state index in [9.17, 15) is 19.5 Å². The summed E-state index contributed by atoms with van der Waals surface area (Å²) in [6.45, 7) is 15.8. The number of aromatic nitrogens is 1. The normalized spacial score (nSPS) is 37.3. The number of ether oxygens (including phenoxy) is 5. The van der Waals surface area contributed by atoms with Gasteiger partial charge in [-0.05, 0) is 91.2 Å². The van der Waals surface area contributed by atoms with Gasteiger partial charge in [-0.25, -0.2) is 4.79 Å². The molecule has 1 N–H and O–H groups in total. The number of benzene rings is 1. The van der Waals surface area contributed by atoms with E-state index >= 15 is 0 Å². The van der Waals surface area contributed by atoms with Crippen LogP contribution in [0.1, 0.15) is 86.6 Å². The number of rotatable bonds is 7. The van der Waals surface area contributed by atoms with Gasteiger partial charge in [0.05, 0.1) is 35.9 Å². The van der Waals surface area contributed by atoms with Gasteiger partial charge in [-0.3, -0.25) is 24.5 Å². The number of hydrogen-bond donors (Lipinski definition) is 1. The van der Waals surface area contributed by atoms with E-state index in [2.05, 4.69) is 30.7 Å². The van der Waals surface area contributed by atoms with Gasteiger partial charge in [-0.2, -0.15) is 0 Å². The lowest BCUT2D eigenvalue weighted by Gasteiger charge is -2.47. The first-order chi connectivity index (χ1) is 27.5. The van der Waals surface area contributed by atoms with Gasteiger partial charge in [0.15, 0.2) is 17.7 Å². The number of nitrogens with zero attached hydrogens (tertiary/aromatic N) is 4. The van der Waals surface area contributed by atoms with Gasteiger partial charge in [-0.1, -0.05) is 52.0 Å². The molecule has 1 unspecified atom stereocenters. The average molecular weight is 803 g/mol. The van der Waals surface area contributed by atoms with Crippen molar-refractivity contribution >= 4 is 34.5 Å². The first-order valence-corrected chi connectivity index (χ1v) is 20.9. The number of cyclic esters (lactones) is 1. The van der Waals surface area contributed by atoms with Gasteiger partial charge < -0.3 is 33.7 Å². The number of aliphatic hydroxyl groups is 1. The van der Waals surface area contributed by atoms with Gasteiger partial charge >= 0.3 is 12.1 Å². The van der Waals surface area contributed by atoms with E-state index in [4.69, 9.17) is 28.7 Å². The van der Waals surface area contributed by atoms with Gasteiger partial charge in [0.2, 0.25) is 0 Å². The van der Waals surface area contributed by atoms with Crippen molar-refractivity contribution < 1.29 is 43.2 Å². The van der Waals surface area contributed by atoms with Crippen LogP contribution in [0, 0.1) is 35.5 Å². The molecule has 3 saturated heterocycles. The van der Waals surface area contributed by atoms with E-state index in [1.807, 2.05) is 77.0 Å². The molecule has 4 aliphatic heterocycles. The zero-order valence-electron chi connectivity index (χ0n) is 35.8. The highest BCUT2D eigenvalue weighted by Crippen LogP contribution is 2.44. The molecule has 0 saturated carbocycles. The fourth-order valence-corrected chi connectivity index (χ4v) is 9.86. The Morgan fingerprint density at radius 1 is 1.07 bits per heavy atom. The highest BCUT2D eigenvalue weighted by Gasteiger charge is 2.60.